The van der Waals surface area contributed by atoms with Gasteiger partial charge in [0, 0.05) is 6.92 Å². The van der Waals surface area contributed by atoms with Crippen molar-refractivity contribution in [2.24, 2.45) is 0 Å². The van der Waals surface area contributed by atoms with Crippen molar-refractivity contribution in [3.63, 3.8) is 0 Å². The smallest absolute Gasteiger partial charge is 0.234 e. The van der Waals surface area contributed by atoms with E-state index in [0.717, 1.165) is 13.0 Å². The van der Waals surface area contributed by atoms with Crippen LogP contribution < -0.4 is 4.57 Å². The van der Waals surface area contributed by atoms with Gasteiger partial charge in [-0.3, -0.25) is 0 Å². The molecule has 29 heavy (non-hydrogen) atoms. The Hall–Kier alpha value is -1.57. The first-order valence-electron chi connectivity index (χ1n) is 12.4. The fraction of sp³-hybridized carbons (Fsp3) is 0.667. The Kier molecular flexibility index (Phi) is 12.5. The minimum atomic E-state index is 1.12. The van der Waals surface area contributed by atoms with Crippen LogP contribution in [0.5, 0.6) is 0 Å². The Labute approximate surface area is 180 Å². The van der Waals surface area contributed by atoms with Gasteiger partial charge in [0.25, 0.3) is 5.82 Å². The van der Waals surface area contributed by atoms with E-state index in [1.165, 1.54) is 101 Å². The molecule has 0 atom stereocenters. The summed E-state index contributed by atoms with van der Waals surface area (Å²) in [6, 6.07) is 10.8. The largest absolute Gasteiger partial charge is 0.253 e. The van der Waals surface area contributed by atoms with Crippen molar-refractivity contribution in [1.29, 1.82) is 0 Å². The molecule has 0 saturated heterocycles. The number of unbranched alkanes of at least 4 members (excludes halogenated alkanes) is 11. The Morgan fingerprint density at radius 1 is 0.724 bits per heavy atom. The first kappa shape index (κ1) is 23.7. The van der Waals surface area contributed by atoms with Crippen LogP contribution in [0.3, 0.4) is 0 Å². The number of aryl methyl sites for hydroxylation is 3. The topological polar surface area (TPSA) is 8.81 Å². The molecule has 0 radical (unpaired) electrons. The molecule has 0 bridgehead atoms. The molecule has 1 aromatic heterocycles. The predicted molar refractivity (Wildman–Crippen MR) is 125 cm³/mol. The summed E-state index contributed by atoms with van der Waals surface area (Å²) in [7, 11) is 0. The SMILES string of the molecule is CCCCCCCCCCCCCCn1cc[n+](CCCc2ccccc2)c1C. The van der Waals surface area contributed by atoms with Gasteiger partial charge >= 0.3 is 0 Å². The van der Waals surface area contributed by atoms with Crippen LogP contribution in [-0.2, 0) is 19.5 Å². The second-order valence-corrected chi connectivity index (χ2v) is 8.71. The van der Waals surface area contributed by atoms with E-state index in [9.17, 15) is 0 Å². The maximum atomic E-state index is 2.44. The summed E-state index contributed by atoms with van der Waals surface area (Å²) >= 11 is 0. The van der Waals surface area contributed by atoms with Crippen LogP contribution in [0.2, 0.25) is 0 Å². The molecule has 0 aliphatic heterocycles. The molecular weight excluding hydrogens is 352 g/mol. The molecule has 0 fully saturated rings. The lowest BCUT2D eigenvalue weighted by Gasteiger charge is -2.04. The third kappa shape index (κ3) is 10.1. The highest BCUT2D eigenvalue weighted by atomic mass is 15.1. The van der Waals surface area contributed by atoms with Crippen LogP contribution >= 0.6 is 0 Å². The van der Waals surface area contributed by atoms with E-state index in [1.807, 2.05) is 0 Å². The summed E-state index contributed by atoms with van der Waals surface area (Å²) in [5.74, 6) is 1.40. The van der Waals surface area contributed by atoms with Crippen molar-refractivity contribution in [3.8, 4) is 0 Å². The molecule has 2 heteroatoms. The number of aromatic nitrogens is 2. The molecule has 162 valence electrons. The van der Waals surface area contributed by atoms with Crippen LogP contribution in [0, 0.1) is 6.92 Å². The van der Waals surface area contributed by atoms with Gasteiger partial charge in [0.2, 0.25) is 0 Å². The van der Waals surface area contributed by atoms with E-state index in [2.05, 4.69) is 65.7 Å². The summed E-state index contributed by atoms with van der Waals surface area (Å²) in [6.45, 7) is 6.85. The monoisotopic (exact) mass is 397 g/mol. The molecule has 0 saturated carbocycles. The average Bonchev–Trinajstić information content (AvgIpc) is 3.09. The summed E-state index contributed by atoms with van der Waals surface area (Å²) < 4.78 is 4.86. The van der Waals surface area contributed by atoms with Gasteiger partial charge in [-0.25, -0.2) is 9.13 Å². The number of nitrogens with zero attached hydrogens (tertiary/aromatic N) is 2. The number of rotatable bonds is 17. The van der Waals surface area contributed by atoms with Crippen molar-refractivity contribution in [3.05, 3.63) is 54.1 Å². The highest BCUT2D eigenvalue weighted by Gasteiger charge is 2.11. The number of hydrogen-bond donors (Lipinski definition) is 0. The van der Waals surface area contributed by atoms with E-state index in [0.29, 0.717) is 0 Å². The van der Waals surface area contributed by atoms with Gasteiger partial charge in [0.15, 0.2) is 0 Å². The Morgan fingerprint density at radius 3 is 1.93 bits per heavy atom. The Bertz CT molecular complexity index is 629. The van der Waals surface area contributed by atoms with Gasteiger partial charge in [-0.1, -0.05) is 101 Å². The van der Waals surface area contributed by atoms with Gasteiger partial charge in [0.1, 0.15) is 12.4 Å². The molecule has 0 amide bonds. The molecule has 2 nitrogen and oxygen atoms in total. The molecule has 0 unspecified atom stereocenters. The second-order valence-electron chi connectivity index (χ2n) is 8.71. The molecule has 0 aliphatic carbocycles. The second kappa shape index (κ2) is 15.3. The zero-order valence-corrected chi connectivity index (χ0v) is 19.2. The van der Waals surface area contributed by atoms with Crippen molar-refractivity contribution in [1.82, 2.24) is 4.57 Å². The third-order valence-electron chi connectivity index (χ3n) is 6.22. The molecule has 2 rings (SSSR count). The zero-order chi connectivity index (χ0) is 20.6. The van der Waals surface area contributed by atoms with E-state index >= 15 is 0 Å². The lowest BCUT2D eigenvalue weighted by atomic mass is 10.1. The summed E-state index contributed by atoms with van der Waals surface area (Å²) in [5.41, 5.74) is 1.45. The molecule has 1 heterocycles. The van der Waals surface area contributed by atoms with E-state index in [4.69, 9.17) is 0 Å². The summed E-state index contributed by atoms with van der Waals surface area (Å²) in [6.07, 6.45) is 23.9. The summed E-state index contributed by atoms with van der Waals surface area (Å²) in [4.78, 5) is 0. The normalized spacial score (nSPS) is 11.2. The van der Waals surface area contributed by atoms with Gasteiger partial charge in [-0.2, -0.15) is 0 Å². The Balaban J connectivity index is 1.48. The maximum Gasteiger partial charge on any atom is 0.253 e. The first-order chi connectivity index (χ1) is 14.3. The molecule has 0 aliphatic rings. The Morgan fingerprint density at radius 2 is 1.31 bits per heavy atom. The van der Waals surface area contributed by atoms with Gasteiger partial charge in [-0.05, 0) is 31.2 Å². The number of hydrogen-bond acceptors (Lipinski definition) is 0. The predicted octanol–water partition coefficient (Wildman–Crippen LogP) is 7.42. The van der Waals surface area contributed by atoms with Gasteiger partial charge in [-0.15, -0.1) is 0 Å². The van der Waals surface area contributed by atoms with Crippen LogP contribution in [-0.4, -0.2) is 4.57 Å². The fourth-order valence-electron chi connectivity index (χ4n) is 4.24. The van der Waals surface area contributed by atoms with Crippen molar-refractivity contribution < 1.29 is 4.57 Å². The number of benzene rings is 1. The van der Waals surface area contributed by atoms with Gasteiger partial charge < -0.3 is 0 Å². The fourth-order valence-corrected chi connectivity index (χ4v) is 4.24. The quantitative estimate of drug-likeness (QED) is 0.194. The minimum absolute atomic E-state index is 1.12. The van der Waals surface area contributed by atoms with E-state index in [-0.39, 0.29) is 0 Å². The van der Waals surface area contributed by atoms with Crippen molar-refractivity contribution in [2.45, 2.75) is 117 Å². The van der Waals surface area contributed by atoms with Crippen molar-refractivity contribution >= 4 is 0 Å². The lowest BCUT2D eigenvalue weighted by Crippen LogP contribution is -2.35. The molecule has 1 aromatic carbocycles. The molecular formula is C27H45N2+. The average molecular weight is 398 g/mol. The van der Waals surface area contributed by atoms with E-state index in [1.54, 1.807) is 0 Å². The van der Waals surface area contributed by atoms with Crippen LogP contribution in [0.25, 0.3) is 0 Å². The summed E-state index contributed by atoms with van der Waals surface area (Å²) in [5, 5.41) is 0. The maximum absolute atomic E-state index is 2.44. The molecule has 2 aromatic rings. The highest BCUT2D eigenvalue weighted by Crippen LogP contribution is 2.12. The zero-order valence-electron chi connectivity index (χ0n) is 19.2. The van der Waals surface area contributed by atoms with Crippen LogP contribution in [0.15, 0.2) is 42.7 Å². The third-order valence-corrected chi connectivity index (χ3v) is 6.22. The standard InChI is InChI=1S/C27H45N2/c1-3-4-5-6-7-8-9-10-11-12-13-17-22-28-24-25-29(26(28)2)23-18-21-27-19-15-14-16-20-27/h14-16,19-20,24-25H,3-13,17-18,21-23H2,1-2H3/q+1. The first-order valence-corrected chi connectivity index (χ1v) is 12.4. The lowest BCUT2D eigenvalue weighted by molar-refractivity contribution is -0.702. The van der Waals surface area contributed by atoms with Crippen molar-refractivity contribution in [2.75, 3.05) is 0 Å². The molecule has 0 spiro atoms. The van der Waals surface area contributed by atoms with Crippen LogP contribution in [0.1, 0.15) is 102 Å². The highest BCUT2D eigenvalue weighted by molar-refractivity contribution is 5.14. The molecule has 0 N–H and O–H groups in total. The number of imidazole rings is 1. The van der Waals surface area contributed by atoms with Crippen LogP contribution in [0.4, 0.5) is 0 Å². The van der Waals surface area contributed by atoms with E-state index < -0.39 is 0 Å². The minimum Gasteiger partial charge on any atom is -0.234 e. The van der Waals surface area contributed by atoms with Gasteiger partial charge in [0.05, 0.1) is 13.1 Å².